The number of ether oxygens (including phenoxy) is 2. The fourth-order valence-electron chi connectivity index (χ4n) is 4.20. The van der Waals surface area contributed by atoms with E-state index in [1.165, 1.54) is 4.90 Å². The van der Waals surface area contributed by atoms with Gasteiger partial charge in [-0.05, 0) is 74.4 Å². The third-order valence-corrected chi connectivity index (χ3v) is 5.74. The van der Waals surface area contributed by atoms with Crippen molar-refractivity contribution in [3.05, 3.63) is 95.1 Å². The summed E-state index contributed by atoms with van der Waals surface area (Å²) in [5.74, 6) is -0.379. The van der Waals surface area contributed by atoms with Crippen LogP contribution in [0.5, 0.6) is 11.5 Å². The predicted molar refractivity (Wildman–Crippen MR) is 131 cm³/mol. The number of carbonyl (C=O) groups is 2. The minimum atomic E-state index is -0.812. The summed E-state index contributed by atoms with van der Waals surface area (Å²) < 4.78 is 11.1. The van der Waals surface area contributed by atoms with E-state index >= 15 is 0 Å². The van der Waals surface area contributed by atoms with Gasteiger partial charge in [-0.3, -0.25) is 14.5 Å². The fourth-order valence-corrected chi connectivity index (χ4v) is 4.20. The van der Waals surface area contributed by atoms with Gasteiger partial charge in [0, 0.05) is 11.3 Å². The van der Waals surface area contributed by atoms with Crippen LogP contribution in [0, 0.1) is 6.92 Å². The largest absolute Gasteiger partial charge is 0.507 e. The van der Waals surface area contributed by atoms with Crippen LogP contribution >= 0.6 is 0 Å². The number of Topliss-reactive ketones (excluding diaryl/α,β-unsaturated/α-hetero) is 1. The van der Waals surface area contributed by atoms with Gasteiger partial charge in [-0.2, -0.15) is 0 Å². The quantitative estimate of drug-likeness (QED) is 0.291. The van der Waals surface area contributed by atoms with Crippen LogP contribution in [-0.4, -0.2) is 30.0 Å². The number of amides is 1. The minimum Gasteiger partial charge on any atom is -0.507 e. The average molecular weight is 458 g/mol. The summed E-state index contributed by atoms with van der Waals surface area (Å²) in [6.45, 7) is 6.65. The van der Waals surface area contributed by atoms with Gasteiger partial charge in [0.1, 0.15) is 17.3 Å². The van der Waals surface area contributed by atoms with Crippen molar-refractivity contribution in [3.63, 3.8) is 0 Å². The van der Waals surface area contributed by atoms with E-state index in [2.05, 4.69) is 0 Å². The molecular weight excluding hydrogens is 430 g/mol. The molecule has 0 aliphatic carbocycles. The summed E-state index contributed by atoms with van der Waals surface area (Å²) in [4.78, 5) is 28.1. The molecule has 1 fully saturated rings. The molecule has 0 aromatic heterocycles. The van der Waals surface area contributed by atoms with Crippen molar-refractivity contribution in [2.75, 3.05) is 18.1 Å². The third kappa shape index (κ3) is 4.27. The second kappa shape index (κ2) is 9.83. The molecule has 0 bridgehead atoms. The van der Waals surface area contributed by atoms with Gasteiger partial charge in [0.2, 0.25) is 0 Å². The van der Waals surface area contributed by atoms with E-state index in [0.717, 1.165) is 5.56 Å². The Morgan fingerprint density at radius 1 is 0.882 bits per heavy atom. The number of benzene rings is 3. The molecule has 6 nitrogen and oxygen atoms in total. The highest BCUT2D eigenvalue weighted by molar-refractivity contribution is 6.51. The van der Waals surface area contributed by atoms with Crippen LogP contribution in [-0.2, 0) is 9.59 Å². The molecule has 1 amide bonds. The highest BCUT2D eigenvalue weighted by atomic mass is 16.5. The molecule has 3 aromatic carbocycles. The van der Waals surface area contributed by atoms with E-state index < -0.39 is 17.7 Å². The maximum absolute atomic E-state index is 13.3. The third-order valence-electron chi connectivity index (χ3n) is 5.74. The maximum Gasteiger partial charge on any atom is 0.300 e. The molecular formula is C28H27NO5. The van der Waals surface area contributed by atoms with E-state index in [0.29, 0.717) is 41.5 Å². The first-order chi connectivity index (χ1) is 16.5. The lowest BCUT2D eigenvalue weighted by Crippen LogP contribution is -2.30. The molecule has 4 rings (SSSR count). The van der Waals surface area contributed by atoms with E-state index in [-0.39, 0.29) is 11.3 Å². The number of aliphatic hydroxyl groups excluding tert-OH is 1. The van der Waals surface area contributed by atoms with Gasteiger partial charge in [0.15, 0.2) is 0 Å². The molecule has 174 valence electrons. The number of rotatable bonds is 7. The number of ketones is 1. The molecule has 1 atom stereocenters. The molecule has 0 spiro atoms. The van der Waals surface area contributed by atoms with Crippen molar-refractivity contribution in [2.45, 2.75) is 26.8 Å². The zero-order valence-electron chi connectivity index (χ0n) is 19.4. The monoisotopic (exact) mass is 457 g/mol. The summed E-state index contributed by atoms with van der Waals surface area (Å²) in [6.07, 6.45) is 0. The smallest absolute Gasteiger partial charge is 0.300 e. The first-order valence-corrected chi connectivity index (χ1v) is 11.3. The fraction of sp³-hybridized carbons (Fsp3) is 0.214. The Kier molecular flexibility index (Phi) is 6.68. The van der Waals surface area contributed by atoms with Crippen LogP contribution in [0.25, 0.3) is 5.76 Å². The number of para-hydroxylation sites is 1. The molecule has 6 heteroatoms. The molecule has 0 saturated carbocycles. The van der Waals surface area contributed by atoms with Crippen molar-refractivity contribution in [3.8, 4) is 11.5 Å². The van der Waals surface area contributed by atoms with Gasteiger partial charge in [-0.25, -0.2) is 0 Å². The van der Waals surface area contributed by atoms with Crippen LogP contribution in [0.1, 0.15) is 36.6 Å². The number of carbonyl (C=O) groups excluding carboxylic acids is 2. The average Bonchev–Trinajstić information content (AvgIpc) is 3.10. The molecule has 1 aliphatic heterocycles. The van der Waals surface area contributed by atoms with Crippen LogP contribution < -0.4 is 14.4 Å². The number of anilines is 1. The molecule has 1 saturated heterocycles. The highest BCUT2D eigenvalue weighted by Gasteiger charge is 2.47. The number of hydrogen-bond donors (Lipinski definition) is 1. The number of nitrogens with zero attached hydrogens (tertiary/aromatic N) is 1. The standard InChI is InChI=1S/C28H27NO5/c1-4-33-21-15-13-19(14-16-21)26(30)24-25(20-10-8-11-22(17-20)34-5-2)29(28(32)27(24)31)23-12-7-6-9-18(23)3/h6-17,25,30H,4-5H2,1-3H3/b26-24-. The Bertz CT molecular complexity index is 1250. The van der Waals surface area contributed by atoms with E-state index in [4.69, 9.17) is 9.47 Å². The molecule has 0 radical (unpaired) electrons. The van der Waals surface area contributed by atoms with E-state index in [1.54, 1.807) is 36.4 Å². The normalized spacial score (nSPS) is 17.1. The molecule has 1 heterocycles. The Hall–Kier alpha value is -4.06. The van der Waals surface area contributed by atoms with Gasteiger partial charge in [-0.1, -0.05) is 30.3 Å². The van der Waals surface area contributed by atoms with E-state index in [1.807, 2.05) is 57.2 Å². The minimum absolute atomic E-state index is 0.0334. The van der Waals surface area contributed by atoms with Crippen molar-refractivity contribution in [2.24, 2.45) is 0 Å². The van der Waals surface area contributed by atoms with E-state index in [9.17, 15) is 14.7 Å². The topological polar surface area (TPSA) is 76.1 Å². The second-order valence-corrected chi connectivity index (χ2v) is 7.92. The summed E-state index contributed by atoms with van der Waals surface area (Å²) >= 11 is 0. The summed E-state index contributed by atoms with van der Waals surface area (Å²) in [7, 11) is 0. The Morgan fingerprint density at radius 3 is 2.24 bits per heavy atom. The lowest BCUT2D eigenvalue weighted by molar-refractivity contribution is -0.132. The second-order valence-electron chi connectivity index (χ2n) is 7.92. The summed E-state index contributed by atoms with van der Waals surface area (Å²) in [5.41, 5.74) is 2.59. The highest BCUT2D eigenvalue weighted by Crippen LogP contribution is 2.43. The van der Waals surface area contributed by atoms with Crippen molar-refractivity contribution >= 4 is 23.1 Å². The van der Waals surface area contributed by atoms with Crippen LogP contribution in [0.4, 0.5) is 5.69 Å². The van der Waals surface area contributed by atoms with Crippen LogP contribution in [0.2, 0.25) is 0 Å². The van der Waals surface area contributed by atoms with Gasteiger partial charge >= 0.3 is 0 Å². The lowest BCUT2D eigenvalue weighted by atomic mass is 9.94. The molecule has 1 aliphatic rings. The number of hydrogen-bond acceptors (Lipinski definition) is 5. The van der Waals surface area contributed by atoms with Gasteiger partial charge in [0.25, 0.3) is 11.7 Å². The summed E-state index contributed by atoms with van der Waals surface area (Å²) in [5, 5.41) is 11.3. The maximum atomic E-state index is 13.3. The molecule has 1 N–H and O–H groups in total. The lowest BCUT2D eigenvalue weighted by Gasteiger charge is -2.27. The Balaban J connectivity index is 1.91. The molecule has 3 aromatic rings. The van der Waals surface area contributed by atoms with Crippen molar-refractivity contribution < 1.29 is 24.2 Å². The van der Waals surface area contributed by atoms with Gasteiger partial charge in [0.05, 0.1) is 24.8 Å². The van der Waals surface area contributed by atoms with Gasteiger partial charge < -0.3 is 14.6 Å². The van der Waals surface area contributed by atoms with Gasteiger partial charge in [-0.15, -0.1) is 0 Å². The van der Waals surface area contributed by atoms with Crippen molar-refractivity contribution in [1.82, 2.24) is 0 Å². The first kappa shape index (κ1) is 23.1. The van der Waals surface area contributed by atoms with Crippen molar-refractivity contribution in [1.29, 1.82) is 0 Å². The summed E-state index contributed by atoms with van der Waals surface area (Å²) in [6, 6.07) is 20.6. The first-order valence-electron chi connectivity index (χ1n) is 11.3. The zero-order chi connectivity index (χ0) is 24.2. The van der Waals surface area contributed by atoms with Crippen LogP contribution in [0.3, 0.4) is 0 Å². The Labute approximate surface area is 199 Å². The molecule has 1 unspecified atom stereocenters. The number of aliphatic hydroxyl groups is 1. The SMILES string of the molecule is CCOc1ccc(/C(O)=C2/C(=O)C(=O)N(c3ccccc3C)C2c2cccc(OCC)c2)cc1. The predicted octanol–water partition coefficient (Wildman–Crippen LogP) is 5.42. The molecule has 34 heavy (non-hydrogen) atoms. The van der Waals surface area contributed by atoms with Crippen LogP contribution in [0.15, 0.2) is 78.4 Å². The zero-order valence-corrected chi connectivity index (χ0v) is 19.4. The Morgan fingerprint density at radius 2 is 1.56 bits per heavy atom. The number of aryl methyl sites for hydroxylation is 1.